The molecule has 5 heteroatoms. The smallest absolute Gasteiger partial charge is 0.254 e. The highest BCUT2D eigenvalue weighted by Gasteiger charge is 2.27. The standard InChI is InChI=1S/C3H2Cl3NO/c4-3(5,6)2(8)1-7/h1,7H. The molecular weight excluding hydrogens is 172 g/mol. The van der Waals surface area contributed by atoms with E-state index in [0.717, 1.165) is 0 Å². The predicted molar refractivity (Wildman–Crippen MR) is 34.1 cm³/mol. The molecule has 0 bridgehead atoms. The molecule has 0 rings (SSSR count). The fraction of sp³-hybridized carbons (Fsp3) is 0.333. The number of halogens is 3. The summed E-state index contributed by atoms with van der Waals surface area (Å²) in [7, 11) is 0. The van der Waals surface area contributed by atoms with Crippen molar-refractivity contribution in [1.29, 1.82) is 5.41 Å². The fourth-order valence-electron chi connectivity index (χ4n) is 0.0818. The lowest BCUT2D eigenvalue weighted by atomic mass is 10.5. The van der Waals surface area contributed by atoms with Crippen LogP contribution in [0, 0.1) is 5.41 Å². The number of hydrogen-bond donors (Lipinski definition) is 1. The van der Waals surface area contributed by atoms with Gasteiger partial charge in [0.05, 0.1) is 6.21 Å². The van der Waals surface area contributed by atoms with E-state index in [-0.39, 0.29) is 0 Å². The average Bonchev–Trinajstić information content (AvgIpc) is 1.62. The van der Waals surface area contributed by atoms with Crippen LogP contribution in [0.1, 0.15) is 0 Å². The van der Waals surface area contributed by atoms with Gasteiger partial charge in [-0.25, -0.2) is 0 Å². The molecule has 0 aliphatic heterocycles. The van der Waals surface area contributed by atoms with Gasteiger partial charge in [0.15, 0.2) is 0 Å². The maximum Gasteiger partial charge on any atom is 0.254 e. The number of ketones is 1. The maximum absolute atomic E-state index is 10.2. The first-order valence-electron chi connectivity index (χ1n) is 1.60. The lowest BCUT2D eigenvalue weighted by Gasteiger charge is -2.01. The molecule has 0 aliphatic carbocycles. The van der Waals surface area contributed by atoms with Crippen molar-refractivity contribution >= 4 is 46.8 Å². The summed E-state index contributed by atoms with van der Waals surface area (Å²) in [4.78, 5) is 10.2. The molecule has 0 aromatic rings. The Morgan fingerprint density at radius 1 is 1.50 bits per heavy atom. The Morgan fingerprint density at radius 3 is 1.88 bits per heavy atom. The molecule has 0 saturated heterocycles. The first-order chi connectivity index (χ1) is 3.48. The molecule has 0 saturated carbocycles. The van der Waals surface area contributed by atoms with Gasteiger partial charge < -0.3 is 5.41 Å². The van der Waals surface area contributed by atoms with E-state index in [4.69, 9.17) is 40.2 Å². The lowest BCUT2D eigenvalue weighted by Crippen LogP contribution is -2.18. The van der Waals surface area contributed by atoms with Crippen LogP contribution in [0.2, 0.25) is 0 Å². The fourth-order valence-corrected chi connectivity index (χ4v) is 0.245. The molecule has 1 N–H and O–H groups in total. The van der Waals surface area contributed by atoms with Gasteiger partial charge in [0.2, 0.25) is 5.78 Å². The van der Waals surface area contributed by atoms with Gasteiger partial charge in [-0.05, 0) is 0 Å². The van der Waals surface area contributed by atoms with Crippen molar-refractivity contribution in [3.63, 3.8) is 0 Å². The third-order valence-corrected chi connectivity index (χ3v) is 0.969. The Morgan fingerprint density at radius 2 is 1.88 bits per heavy atom. The topological polar surface area (TPSA) is 40.9 Å². The Balaban J connectivity index is 4.02. The Bertz CT molecular complexity index is 116. The van der Waals surface area contributed by atoms with Crippen molar-refractivity contribution in [3.8, 4) is 0 Å². The molecule has 0 aromatic carbocycles. The van der Waals surface area contributed by atoms with Gasteiger partial charge in [-0.1, -0.05) is 34.8 Å². The Hall–Kier alpha value is 0.210. The van der Waals surface area contributed by atoms with Gasteiger partial charge in [-0.2, -0.15) is 0 Å². The second-order valence-corrected chi connectivity index (χ2v) is 3.29. The van der Waals surface area contributed by atoms with E-state index in [9.17, 15) is 4.79 Å². The number of hydrogen-bond acceptors (Lipinski definition) is 2. The van der Waals surface area contributed by atoms with E-state index < -0.39 is 9.58 Å². The number of alkyl halides is 3. The molecule has 0 amide bonds. The monoisotopic (exact) mass is 173 g/mol. The first kappa shape index (κ1) is 8.21. The highest BCUT2D eigenvalue weighted by Crippen LogP contribution is 2.25. The zero-order chi connectivity index (χ0) is 6.78. The van der Waals surface area contributed by atoms with E-state index in [1.54, 1.807) is 0 Å². The molecule has 46 valence electrons. The summed E-state index contributed by atoms with van der Waals surface area (Å²) in [5.41, 5.74) is 0. The predicted octanol–water partition coefficient (Wildman–Crippen LogP) is 1.58. The minimum Gasteiger partial charge on any atom is -0.305 e. The minimum absolute atomic E-state index is 0.465. The summed E-state index contributed by atoms with van der Waals surface area (Å²) >= 11 is 15.0. The largest absolute Gasteiger partial charge is 0.305 e. The molecule has 0 fully saturated rings. The van der Waals surface area contributed by atoms with Gasteiger partial charge in [-0.15, -0.1) is 0 Å². The maximum atomic E-state index is 10.2. The second kappa shape index (κ2) is 2.67. The lowest BCUT2D eigenvalue weighted by molar-refractivity contribution is -0.111. The van der Waals surface area contributed by atoms with E-state index in [1.807, 2.05) is 0 Å². The van der Waals surface area contributed by atoms with Gasteiger partial charge in [0, 0.05) is 0 Å². The van der Waals surface area contributed by atoms with Gasteiger partial charge >= 0.3 is 0 Å². The third-order valence-electron chi connectivity index (χ3n) is 0.410. The van der Waals surface area contributed by atoms with Crippen molar-refractivity contribution < 1.29 is 4.79 Å². The van der Waals surface area contributed by atoms with Crippen LogP contribution in [0.4, 0.5) is 0 Å². The molecule has 0 unspecified atom stereocenters. The summed E-state index contributed by atoms with van der Waals surface area (Å²) in [5, 5.41) is 6.34. The van der Waals surface area contributed by atoms with Crippen LogP contribution in [-0.4, -0.2) is 15.8 Å². The minimum atomic E-state index is -1.96. The summed E-state index contributed by atoms with van der Waals surface area (Å²) in [6.45, 7) is 0. The highest BCUT2D eigenvalue weighted by molar-refractivity contribution is 6.80. The zero-order valence-electron chi connectivity index (χ0n) is 3.62. The zero-order valence-corrected chi connectivity index (χ0v) is 5.89. The average molecular weight is 174 g/mol. The Kier molecular flexibility index (Phi) is 2.74. The van der Waals surface area contributed by atoms with E-state index in [2.05, 4.69) is 0 Å². The van der Waals surface area contributed by atoms with Crippen LogP contribution >= 0.6 is 34.8 Å². The summed E-state index contributed by atoms with van der Waals surface area (Å²) in [5.74, 6) is -0.831. The molecule has 0 atom stereocenters. The number of Topliss-reactive ketones (excluding diaryl/α,β-unsaturated/α-hetero) is 1. The summed E-state index contributed by atoms with van der Waals surface area (Å²) in [6.07, 6.45) is 0.465. The van der Waals surface area contributed by atoms with Crippen molar-refractivity contribution in [2.45, 2.75) is 3.79 Å². The summed E-state index contributed by atoms with van der Waals surface area (Å²) < 4.78 is -1.96. The normalized spacial score (nSPS) is 10.9. The molecular formula is C3H2Cl3NO. The molecule has 0 aromatic heterocycles. The second-order valence-electron chi connectivity index (χ2n) is 1.01. The molecule has 0 heterocycles. The third kappa shape index (κ3) is 2.50. The molecule has 2 nitrogen and oxygen atoms in total. The SMILES string of the molecule is N=CC(=O)C(Cl)(Cl)Cl. The van der Waals surface area contributed by atoms with Crippen LogP contribution in [-0.2, 0) is 4.79 Å². The highest BCUT2D eigenvalue weighted by atomic mass is 35.6. The number of nitrogens with one attached hydrogen (secondary N) is 1. The van der Waals surface area contributed by atoms with Crippen molar-refractivity contribution in [1.82, 2.24) is 0 Å². The van der Waals surface area contributed by atoms with Gasteiger partial charge in [-0.3, -0.25) is 4.79 Å². The number of carbonyl (C=O) groups excluding carboxylic acids is 1. The van der Waals surface area contributed by atoms with Crippen molar-refractivity contribution in [2.24, 2.45) is 0 Å². The van der Waals surface area contributed by atoms with Crippen LogP contribution in [0.3, 0.4) is 0 Å². The van der Waals surface area contributed by atoms with Crippen molar-refractivity contribution in [3.05, 3.63) is 0 Å². The van der Waals surface area contributed by atoms with Crippen molar-refractivity contribution in [2.75, 3.05) is 0 Å². The first-order valence-corrected chi connectivity index (χ1v) is 2.73. The molecule has 0 spiro atoms. The molecule has 8 heavy (non-hydrogen) atoms. The number of carbonyl (C=O) groups is 1. The number of rotatable bonds is 1. The van der Waals surface area contributed by atoms with Gasteiger partial charge in [0.25, 0.3) is 3.79 Å². The van der Waals surface area contributed by atoms with Crippen LogP contribution in [0.15, 0.2) is 0 Å². The van der Waals surface area contributed by atoms with E-state index >= 15 is 0 Å². The molecule has 0 aliphatic rings. The van der Waals surface area contributed by atoms with E-state index in [0.29, 0.717) is 6.21 Å². The van der Waals surface area contributed by atoms with Crippen LogP contribution in [0.5, 0.6) is 0 Å². The molecule has 0 radical (unpaired) electrons. The van der Waals surface area contributed by atoms with Crippen LogP contribution < -0.4 is 0 Å². The van der Waals surface area contributed by atoms with Crippen LogP contribution in [0.25, 0.3) is 0 Å². The summed E-state index contributed by atoms with van der Waals surface area (Å²) in [6, 6.07) is 0. The Labute approximate surface area is 61.2 Å². The quantitative estimate of drug-likeness (QED) is 0.476. The van der Waals surface area contributed by atoms with Gasteiger partial charge in [0.1, 0.15) is 0 Å². The van der Waals surface area contributed by atoms with E-state index in [1.165, 1.54) is 0 Å².